The zero-order valence-corrected chi connectivity index (χ0v) is 12.5. The number of ether oxygens (including phenoxy) is 1. The zero-order chi connectivity index (χ0) is 16.4. The fourth-order valence-corrected chi connectivity index (χ4v) is 2.63. The Hall–Kier alpha value is -1.93. The molecule has 0 radical (unpaired) electrons. The molecule has 3 rings (SSSR count). The van der Waals surface area contributed by atoms with Crippen LogP contribution in [0.2, 0.25) is 0 Å². The van der Waals surface area contributed by atoms with Crippen molar-refractivity contribution < 1.29 is 17.9 Å². The molecule has 2 aliphatic rings. The fraction of sp³-hybridized carbons (Fsp3) is 0.467. The van der Waals surface area contributed by atoms with E-state index in [2.05, 4.69) is 15.3 Å². The van der Waals surface area contributed by atoms with Crippen molar-refractivity contribution in [3.05, 3.63) is 35.8 Å². The Balaban J connectivity index is 1.85. The quantitative estimate of drug-likeness (QED) is 0.907. The van der Waals surface area contributed by atoms with Crippen LogP contribution in [0, 0.1) is 0 Å². The average Bonchev–Trinajstić information content (AvgIpc) is 2.55. The van der Waals surface area contributed by atoms with Gasteiger partial charge in [-0.1, -0.05) is 0 Å². The number of nitrogens with zero attached hydrogens (tertiary/aromatic N) is 3. The molecule has 3 heterocycles. The molecule has 1 saturated heterocycles. The second-order valence-corrected chi connectivity index (χ2v) is 5.40. The van der Waals surface area contributed by atoms with E-state index in [9.17, 15) is 13.2 Å². The molecule has 1 fully saturated rings. The summed E-state index contributed by atoms with van der Waals surface area (Å²) >= 11 is 0. The van der Waals surface area contributed by atoms with E-state index in [4.69, 9.17) is 4.74 Å². The number of pyridine rings is 1. The van der Waals surface area contributed by atoms with E-state index in [0.29, 0.717) is 30.2 Å². The Bertz CT molecular complexity index is 606. The van der Waals surface area contributed by atoms with E-state index in [1.54, 1.807) is 25.1 Å². The summed E-state index contributed by atoms with van der Waals surface area (Å²) in [7, 11) is 0. The van der Waals surface area contributed by atoms with Gasteiger partial charge in [-0.3, -0.25) is 9.98 Å². The summed E-state index contributed by atoms with van der Waals surface area (Å²) < 4.78 is 45.2. The van der Waals surface area contributed by atoms with Crippen molar-refractivity contribution in [3.63, 3.8) is 0 Å². The van der Waals surface area contributed by atoms with Gasteiger partial charge in [-0.15, -0.1) is 0 Å². The second kappa shape index (κ2) is 6.29. The van der Waals surface area contributed by atoms with Crippen LogP contribution in [0.1, 0.15) is 18.7 Å². The first kappa shape index (κ1) is 15.9. The zero-order valence-electron chi connectivity index (χ0n) is 12.5. The van der Waals surface area contributed by atoms with Gasteiger partial charge in [0, 0.05) is 25.0 Å². The molecule has 0 bridgehead atoms. The van der Waals surface area contributed by atoms with Crippen LogP contribution in [-0.2, 0) is 4.74 Å². The molecule has 1 aromatic rings. The number of hydrogen-bond acceptors (Lipinski definition) is 5. The first-order chi connectivity index (χ1) is 11.0. The number of allylic oxidation sites excluding steroid dienone is 2. The summed E-state index contributed by atoms with van der Waals surface area (Å²) in [6, 6.07) is 3.32. The molecular weight excluding hydrogens is 309 g/mol. The van der Waals surface area contributed by atoms with Crippen LogP contribution in [0.25, 0.3) is 0 Å². The molecule has 23 heavy (non-hydrogen) atoms. The molecule has 0 amide bonds. The fourth-order valence-electron chi connectivity index (χ4n) is 2.63. The van der Waals surface area contributed by atoms with E-state index in [1.165, 1.54) is 12.4 Å². The number of morpholine rings is 1. The van der Waals surface area contributed by atoms with E-state index in [1.807, 2.05) is 0 Å². The Kier molecular flexibility index (Phi) is 4.36. The molecule has 0 aromatic carbocycles. The number of alkyl halides is 3. The van der Waals surface area contributed by atoms with Crippen molar-refractivity contribution in [1.82, 2.24) is 10.3 Å². The minimum atomic E-state index is -4.46. The molecule has 1 unspecified atom stereocenters. The van der Waals surface area contributed by atoms with Crippen LogP contribution in [0.3, 0.4) is 0 Å². The maximum Gasteiger partial charge on any atom is 0.429 e. The van der Waals surface area contributed by atoms with Crippen molar-refractivity contribution in [2.75, 3.05) is 24.6 Å². The topological polar surface area (TPSA) is 49.8 Å². The van der Waals surface area contributed by atoms with Crippen LogP contribution in [-0.4, -0.2) is 43.2 Å². The van der Waals surface area contributed by atoms with Gasteiger partial charge in [0.1, 0.15) is 6.10 Å². The summed E-state index contributed by atoms with van der Waals surface area (Å²) in [6.45, 7) is 3.64. The van der Waals surface area contributed by atoms with Crippen molar-refractivity contribution in [2.45, 2.75) is 25.4 Å². The highest BCUT2D eigenvalue weighted by atomic mass is 19.4. The lowest BCUT2D eigenvalue weighted by atomic mass is 10.2. The molecule has 2 aliphatic heterocycles. The van der Waals surface area contributed by atoms with Crippen molar-refractivity contribution in [3.8, 4) is 0 Å². The summed E-state index contributed by atoms with van der Waals surface area (Å²) in [5.41, 5.74) is 1.52. The SMILES string of the molecule is CC1=CC=N[C@H](C(F)(F)F)N1c1ccc(C2CNCCO2)nc1. The highest BCUT2D eigenvalue weighted by molar-refractivity contribution is 5.76. The third-order valence-corrected chi connectivity index (χ3v) is 3.77. The minimum absolute atomic E-state index is 0.174. The number of nitrogens with one attached hydrogen (secondary N) is 1. The monoisotopic (exact) mass is 326 g/mol. The average molecular weight is 326 g/mol. The molecule has 0 spiro atoms. The Morgan fingerprint density at radius 2 is 2.17 bits per heavy atom. The van der Waals surface area contributed by atoms with Crippen LogP contribution in [0.5, 0.6) is 0 Å². The number of rotatable bonds is 2. The van der Waals surface area contributed by atoms with Crippen molar-refractivity contribution in [2.24, 2.45) is 4.99 Å². The number of halogens is 3. The van der Waals surface area contributed by atoms with Gasteiger partial charge in [-0.05, 0) is 25.1 Å². The van der Waals surface area contributed by atoms with Gasteiger partial charge < -0.3 is 15.0 Å². The Morgan fingerprint density at radius 1 is 1.35 bits per heavy atom. The third kappa shape index (κ3) is 3.37. The maximum atomic E-state index is 13.2. The summed E-state index contributed by atoms with van der Waals surface area (Å²) in [6.07, 6.45) is -2.39. The van der Waals surface area contributed by atoms with Gasteiger partial charge in [0.05, 0.1) is 24.2 Å². The number of aliphatic imine (C=N–C) groups is 1. The predicted molar refractivity (Wildman–Crippen MR) is 80.4 cm³/mol. The van der Waals surface area contributed by atoms with Gasteiger partial charge >= 0.3 is 6.18 Å². The molecule has 0 saturated carbocycles. The molecule has 1 aromatic heterocycles. The van der Waals surface area contributed by atoms with Gasteiger partial charge in [0.2, 0.25) is 6.17 Å². The standard InChI is InChI=1S/C15H17F3N4O/c1-10-4-5-20-14(15(16,17)18)22(10)11-2-3-12(21-8-11)13-9-19-6-7-23-13/h2-5,8,13-14,19H,6-7,9H2,1H3/t13?,14-/m0/s1. The molecule has 2 atom stereocenters. The smallest absolute Gasteiger partial charge is 0.369 e. The lowest BCUT2D eigenvalue weighted by Gasteiger charge is -2.34. The van der Waals surface area contributed by atoms with Crippen LogP contribution in [0.15, 0.2) is 35.1 Å². The van der Waals surface area contributed by atoms with E-state index in [-0.39, 0.29) is 6.10 Å². The molecule has 8 heteroatoms. The van der Waals surface area contributed by atoms with Crippen LogP contribution in [0.4, 0.5) is 18.9 Å². The molecule has 0 aliphatic carbocycles. The normalized spacial score (nSPS) is 25.4. The predicted octanol–water partition coefficient (Wildman–Crippen LogP) is 2.43. The Labute approximate surface area is 131 Å². The van der Waals surface area contributed by atoms with E-state index >= 15 is 0 Å². The molecule has 124 valence electrons. The lowest BCUT2D eigenvalue weighted by molar-refractivity contribution is -0.145. The number of hydrogen-bond donors (Lipinski definition) is 1. The summed E-state index contributed by atoms with van der Waals surface area (Å²) in [5.74, 6) is 0. The highest BCUT2D eigenvalue weighted by Gasteiger charge is 2.45. The van der Waals surface area contributed by atoms with Crippen molar-refractivity contribution in [1.29, 1.82) is 0 Å². The van der Waals surface area contributed by atoms with Crippen LogP contribution < -0.4 is 10.2 Å². The van der Waals surface area contributed by atoms with E-state index < -0.39 is 12.3 Å². The minimum Gasteiger partial charge on any atom is -0.369 e. The first-order valence-corrected chi connectivity index (χ1v) is 7.31. The molecule has 5 nitrogen and oxygen atoms in total. The lowest BCUT2D eigenvalue weighted by Crippen LogP contribution is -2.45. The first-order valence-electron chi connectivity index (χ1n) is 7.31. The Morgan fingerprint density at radius 3 is 2.78 bits per heavy atom. The van der Waals surface area contributed by atoms with Gasteiger partial charge in [0.15, 0.2) is 0 Å². The maximum absolute atomic E-state index is 13.2. The third-order valence-electron chi connectivity index (χ3n) is 3.77. The van der Waals surface area contributed by atoms with Gasteiger partial charge in [-0.2, -0.15) is 13.2 Å². The molecule has 1 N–H and O–H groups in total. The summed E-state index contributed by atoms with van der Waals surface area (Å²) in [4.78, 5) is 8.97. The van der Waals surface area contributed by atoms with Gasteiger partial charge in [0.25, 0.3) is 0 Å². The molecular formula is C15H17F3N4O. The van der Waals surface area contributed by atoms with E-state index in [0.717, 1.165) is 11.4 Å². The van der Waals surface area contributed by atoms with Gasteiger partial charge in [-0.25, -0.2) is 0 Å². The summed E-state index contributed by atoms with van der Waals surface area (Å²) in [5, 5.41) is 3.19. The highest BCUT2D eigenvalue weighted by Crippen LogP contribution is 2.34. The number of anilines is 1. The van der Waals surface area contributed by atoms with Crippen LogP contribution >= 0.6 is 0 Å². The second-order valence-electron chi connectivity index (χ2n) is 5.40. The largest absolute Gasteiger partial charge is 0.429 e. The number of aromatic nitrogens is 1. The van der Waals surface area contributed by atoms with Crippen molar-refractivity contribution >= 4 is 11.9 Å².